The molecular formula is C15H15ClN2O3. The summed E-state index contributed by atoms with van der Waals surface area (Å²) in [7, 11) is 0. The first kappa shape index (κ1) is 15.0. The molecule has 0 aliphatic rings. The molecule has 0 spiro atoms. The van der Waals surface area contributed by atoms with E-state index >= 15 is 0 Å². The molecule has 21 heavy (non-hydrogen) atoms. The quantitative estimate of drug-likeness (QED) is 0.283. The van der Waals surface area contributed by atoms with E-state index in [1.807, 2.05) is 12.1 Å². The van der Waals surface area contributed by atoms with E-state index in [-0.39, 0.29) is 5.84 Å². The fourth-order valence-electron chi connectivity index (χ4n) is 1.65. The van der Waals surface area contributed by atoms with Crippen LogP contribution in [0, 0.1) is 0 Å². The van der Waals surface area contributed by atoms with Crippen LogP contribution in [-0.4, -0.2) is 24.3 Å². The van der Waals surface area contributed by atoms with E-state index < -0.39 is 0 Å². The van der Waals surface area contributed by atoms with Crippen molar-refractivity contribution >= 4 is 17.4 Å². The summed E-state index contributed by atoms with van der Waals surface area (Å²) >= 11 is 5.97. The zero-order valence-corrected chi connectivity index (χ0v) is 12.0. The molecule has 0 bridgehead atoms. The second kappa shape index (κ2) is 7.40. The molecule has 0 aliphatic carbocycles. The number of halogens is 1. The summed E-state index contributed by atoms with van der Waals surface area (Å²) in [4.78, 5) is 0. The summed E-state index contributed by atoms with van der Waals surface area (Å²) in [5.41, 5.74) is 6.09. The molecule has 2 rings (SSSR count). The Morgan fingerprint density at radius 3 is 2.38 bits per heavy atom. The molecule has 0 saturated heterocycles. The Morgan fingerprint density at radius 2 is 1.71 bits per heavy atom. The van der Waals surface area contributed by atoms with Gasteiger partial charge in [-0.05, 0) is 36.4 Å². The number of hydrogen-bond acceptors (Lipinski definition) is 4. The zero-order chi connectivity index (χ0) is 15.1. The Balaban J connectivity index is 1.80. The van der Waals surface area contributed by atoms with E-state index in [1.165, 1.54) is 0 Å². The lowest BCUT2D eigenvalue weighted by atomic mass is 10.2. The number of amidine groups is 1. The Kier molecular flexibility index (Phi) is 5.29. The largest absolute Gasteiger partial charge is 0.490 e. The highest BCUT2D eigenvalue weighted by atomic mass is 35.5. The molecule has 0 aliphatic heterocycles. The van der Waals surface area contributed by atoms with Gasteiger partial charge in [0.2, 0.25) is 0 Å². The van der Waals surface area contributed by atoms with Gasteiger partial charge in [-0.2, -0.15) is 0 Å². The van der Waals surface area contributed by atoms with E-state index in [9.17, 15) is 0 Å². The molecular weight excluding hydrogens is 292 g/mol. The SMILES string of the molecule is NC(=NO)c1ccc(OCCOc2ccccc2Cl)cc1. The van der Waals surface area contributed by atoms with Crippen LogP contribution in [0.2, 0.25) is 5.02 Å². The minimum atomic E-state index is 0.0589. The minimum Gasteiger partial charge on any atom is -0.490 e. The van der Waals surface area contributed by atoms with Crippen molar-refractivity contribution in [3.63, 3.8) is 0 Å². The standard InChI is InChI=1S/C15H15ClN2O3/c16-13-3-1-2-4-14(13)21-10-9-20-12-7-5-11(6-8-12)15(17)18-19/h1-8,19H,9-10H2,(H2,17,18). The van der Waals surface area contributed by atoms with Crippen molar-refractivity contribution in [1.82, 2.24) is 0 Å². The lowest BCUT2D eigenvalue weighted by molar-refractivity contribution is 0.217. The van der Waals surface area contributed by atoms with E-state index in [0.29, 0.717) is 35.3 Å². The average Bonchev–Trinajstić information content (AvgIpc) is 2.53. The molecule has 0 radical (unpaired) electrons. The van der Waals surface area contributed by atoms with Gasteiger partial charge >= 0.3 is 0 Å². The highest BCUT2D eigenvalue weighted by Gasteiger charge is 2.01. The number of nitrogens with zero attached hydrogens (tertiary/aromatic N) is 1. The molecule has 6 heteroatoms. The van der Waals surface area contributed by atoms with Crippen LogP contribution >= 0.6 is 11.6 Å². The predicted molar refractivity (Wildman–Crippen MR) is 81.4 cm³/mol. The number of rotatable bonds is 6. The van der Waals surface area contributed by atoms with Crippen molar-refractivity contribution in [2.45, 2.75) is 0 Å². The maximum Gasteiger partial charge on any atom is 0.170 e. The van der Waals surface area contributed by atoms with Crippen LogP contribution in [0.5, 0.6) is 11.5 Å². The zero-order valence-electron chi connectivity index (χ0n) is 11.2. The van der Waals surface area contributed by atoms with E-state index in [0.717, 1.165) is 0 Å². The molecule has 0 atom stereocenters. The average molecular weight is 307 g/mol. The summed E-state index contributed by atoms with van der Waals surface area (Å²) in [6.45, 7) is 0.764. The van der Waals surface area contributed by atoms with Crippen molar-refractivity contribution in [2.24, 2.45) is 10.9 Å². The number of nitrogens with two attached hydrogens (primary N) is 1. The molecule has 110 valence electrons. The van der Waals surface area contributed by atoms with Crippen LogP contribution in [0.4, 0.5) is 0 Å². The highest BCUT2D eigenvalue weighted by molar-refractivity contribution is 6.32. The maximum atomic E-state index is 8.57. The summed E-state index contributed by atoms with van der Waals surface area (Å²) in [6, 6.07) is 14.2. The molecule has 0 heterocycles. The number of oxime groups is 1. The van der Waals surface area contributed by atoms with Crippen LogP contribution in [0.25, 0.3) is 0 Å². The van der Waals surface area contributed by atoms with Gasteiger partial charge in [0.1, 0.15) is 24.7 Å². The van der Waals surface area contributed by atoms with Crippen molar-refractivity contribution in [3.8, 4) is 11.5 Å². The van der Waals surface area contributed by atoms with Gasteiger partial charge in [-0.1, -0.05) is 28.9 Å². The molecule has 3 N–H and O–H groups in total. The number of para-hydroxylation sites is 1. The smallest absolute Gasteiger partial charge is 0.170 e. The summed E-state index contributed by atoms with van der Waals surface area (Å²) in [5, 5.41) is 12.1. The highest BCUT2D eigenvalue weighted by Crippen LogP contribution is 2.22. The Labute approximate surface area is 127 Å². The minimum absolute atomic E-state index is 0.0589. The second-order valence-corrected chi connectivity index (χ2v) is 4.54. The van der Waals surface area contributed by atoms with Gasteiger partial charge < -0.3 is 20.4 Å². The first-order valence-corrected chi connectivity index (χ1v) is 6.66. The van der Waals surface area contributed by atoms with Crippen LogP contribution < -0.4 is 15.2 Å². The summed E-state index contributed by atoms with van der Waals surface area (Å²) in [6.07, 6.45) is 0. The van der Waals surface area contributed by atoms with Crippen molar-refractivity contribution < 1.29 is 14.7 Å². The van der Waals surface area contributed by atoms with Crippen LogP contribution in [0.1, 0.15) is 5.56 Å². The fourth-order valence-corrected chi connectivity index (χ4v) is 1.84. The second-order valence-electron chi connectivity index (χ2n) is 4.14. The topological polar surface area (TPSA) is 77.1 Å². The maximum absolute atomic E-state index is 8.57. The third kappa shape index (κ3) is 4.29. The molecule has 0 aromatic heterocycles. The molecule has 0 unspecified atom stereocenters. The van der Waals surface area contributed by atoms with E-state index in [4.69, 9.17) is 32.0 Å². The first-order chi connectivity index (χ1) is 10.2. The van der Waals surface area contributed by atoms with Gasteiger partial charge in [-0.3, -0.25) is 0 Å². The summed E-state index contributed by atoms with van der Waals surface area (Å²) < 4.78 is 11.0. The Bertz CT molecular complexity index is 615. The van der Waals surface area contributed by atoms with Crippen molar-refractivity contribution in [3.05, 3.63) is 59.1 Å². The first-order valence-electron chi connectivity index (χ1n) is 6.29. The van der Waals surface area contributed by atoms with E-state index in [2.05, 4.69) is 5.16 Å². The Hall–Kier alpha value is -2.40. The fraction of sp³-hybridized carbons (Fsp3) is 0.133. The number of ether oxygens (including phenoxy) is 2. The molecule has 5 nitrogen and oxygen atoms in total. The lowest BCUT2D eigenvalue weighted by Crippen LogP contribution is -2.13. The molecule has 0 saturated carbocycles. The molecule has 2 aromatic carbocycles. The van der Waals surface area contributed by atoms with Gasteiger partial charge in [-0.15, -0.1) is 0 Å². The Morgan fingerprint density at radius 1 is 1.05 bits per heavy atom. The molecule has 2 aromatic rings. The summed E-state index contributed by atoms with van der Waals surface area (Å²) in [5.74, 6) is 1.36. The molecule has 0 amide bonds. The van der Waals surface area contributed by atoms with Crippen molar-refractivity contribution in [2.75, 3.05) is 13.2 Å². The molecule has 0 fully saturated rings. The monoisotopic (exact) mass is 306 g/mol. The van der Waals surface area contributed by atoms with Crippen LogP contribution in [0.3, 0.4) is 0 Å². The van der Waals surface area contributed by atoms with Gasteiger partial charge in [0.15, 0.2) is 5.84 Å². The number of benzene rings is 2. The van der Waals surface area contributed by atoms with Gasteiger partial charge in [0.25, 0.3) is 0 Å². The van der Waals surface area contributed by atoms with Crippen LogP contribution in [0.15, 0.2) is 53.7 Å². The predicted octanol–water partition coefficient (Wildman–Crippen LogP) is 2.89. The normalized spacial score (nSPS) is 11.2. The van der Waals surface area contributed by atoms with Gasteiger partial charge in [0, 0.05) is 5.56 Å². The third-order valence-electron chi connectivity index (χ3n) is 2.70. The van der Waals surface area contributed by atoms with Crippen molar-refractivity contribution in [1.29, 1.82) is 0 Å². The van der Waals surface area contributed by atoms with Gasteiger partial charge in [-0.25, -0.2) is 0 Å². The third-order valence-corrected chi connectivity index (χ3v) is 3.02. The van der Waals surface area contributed by atoms with Gasteiger partial charge in [0.05, 0.1) is 5.02 Å². The number of hydrogen-bond donors (Lipinski definition) is 2. The lowest BCUT2D eigenvalue weighted by Gasteiger charge is -2.09. The van der Waals surface area contributed by atoms with E-state index in [1.54, 1.807) is 36.4 Å². The van der Waals surface area contributed by atoms with Crippen LogP contribution in [-0.2, 0) is 0 Å².